The molecule has 30 heavy (non-hydrogen) atoms. The van der Waals surface area contributed by atoms with E-state index in [1.165, 1.54) is 0 Å². The largest absolute Gasteiger partial charge is 0.611 e. The first-order chi connectivity index (χ1) is 14.4. The first-order valence-electron chi connectivity index (χ1n) is 10.7. The summed E-state index contributed by atoms with van der Waals surface area (Å²) < 4.78 is 25.2. The summed E-state index contributed by atoms with van der Waals surface area (Å²) in [5, 5.41) is 17.3. The van der Waals surface area contributed by atoms with Crippen LogP contribution in [-0.4, -0.2) is 42.8 Å². The maximum atomic E-state index is 12.7. The number of carboxylic acid groups (broad SMARTS) is 2. The lowest BCUT2D eigenvalue weighted by atomic mass is 10.1. The number of benzene rings is 1. The molecule has 0 aliphatic rings. The number of hydrogen-bond acceptors (Lipinski definition) is 4. The van der Waals surface area contributed by atoms with Crippen molar-refractivity contribution in [2.45, 2.75) is 86.8 Å². The van der Waals surface area contributed by atoms with E-state index < -0.39 is 34.3 Å². The molecule has 2 N–H and O–H groups in total. The molecule has 0 fully saturated rings. The van der Waals surface area contributed by atoms with Gasteiger partial charge in [0.1, 0.15) is 11.5 Å². The highest BCUT2D eigenvalue weighted by Gasteiger charge is 2.24. The van der Waals surface area contributed by atoms with Gasteiger partial charge < -0.3 is 19.3 Å². The van der Waals surface area contributed by atoms with Crippen LogP contribution >= 0.6 is 0 Å². The third-order valence-electron chi connectivity index (χ3n) is 4.78. The van der Waals surface area contributed by atoms with E-state index in [0.717, 1.165) is 57.8 Å². The van der Waals surface area contributed by atoms with E-state index in [9.17, 15) is 18.7 Å². The van der Waals surface area contributed by atoms with E-state index in [1.54, 1.807) is 24.3 Å². The van der Waals surface area contributed by atoms with Gasteiger partial charge in [-0.25, -0.2) is 0 Å². The maximum absolute atomic E-state index is 12.7. The second-order valence-corrected chi connectivity index (χ2v) is 10.4. The standard InChI is InChI=1S/C22H34O6S2/c23-21(24)15-8-6-4-2-1-3-5-7-11-17-29(27)19-13-9-10-14-20(19)30(28)18-12-16-22(25)26/h9-10,13-14H,1-8,11-12,15-18H2,(H,23,24)(H,25,26). The molecule has 0 heterocycles. The molecule has 0 radical (unpaired) electrons. The molecule has 1 rings (SSSR count). The van der Waals surface area contributed by atoms with Crippen LogP contribution < -0.4 is 0 Å². The molecule has 6 nitrogen and oxygen atoms in total. The van der Waals surface area contributed by atoms with Gasteiger partial charge in [-0.1, -0.05) is 50.7 Å². The summed E-state index contributed by atoms with van der Waals surface area (Å²) in [6.07, 6.45) is 9.76. The molecular formula is C22H34O6S2. The minimum atomic E-state index is -1.34. The number of carbonyl (C=O) groups is 2. The van der Waals surface area contributed by atoms with E-state index >= 15 is 0 Å². The van der Waals surface area contributed by atoms with Crippen LogP contribution in [0, 0.1) is 0 Å². The van der Waals surface area contributed by atoms with Crippen LogP contribution in [0.4, 0.5) is 0 Å². The zero-order valence-electron chi connectivity index (χ0n) is 17.6. The molecule has 0 saturated carbocycles. The topological polar surface area (TPSA) is 121 Å². The predicted molar refractivity (Wildman–Crippen MR) is 120 cm³/mol. The van der Waals surface area contributed by atoms with Crippen LogP contribution in [0.3, 0.4) is 0 Å². The quantitative estimate of drug-likeness (QED) is 0.242. The fourth-order valence-corrected chi connectivity index (χ4v) is 6.06. The molecule has 0 aromatic heterocycles. The molecule has 0 spiro atoms. The summed E-state index contributed by atoms with van der Waals surface area (Å²) in [6.45, 7) is 0. The third kappa shape index (κ3) is 12.5. The van der Waals surface area contributed by atoms with Crippen LogP contribution in [0.2, 0.25) is 0 Å². The average Bonchev–Trinajstić information content (AvgIpc) is 2.71. The summed E-state index contributed by atoms with van der Waals surface area (Å²) in [7, 11) is 0. The van der Waals surface area contributed by atoms with Crippen molar-refractivity contribution in [3.8, 4) is 0 Å². The summed E-state index contributed by atoms with van der Waals surface area (Å²) in [4.78, 5) is 22.2. The Bertz CT molecular complexity index is 625. The van der Waals surface area contributed by atoms with Gasteiger partial charge in [0.25, 0.3) is 0 Å². The maximum Gasteiger partial charge on any atom is 0.303 e. The van der Waals surface area contributed by atoms with E-state index in [0.29, 0.717) is 22.0 Å². The Morgan fingerprint density at radius 1 is 0.633 bits per heavy atom. The second-order valence-electron chi connectivity index (χ2n) is 7.37. The van der Waals surface area contributed by atoms with Crippen LogP contribution in [0.1, 0.15) is 77.0 Å². The van der Waals surface area contributed by atoms with E-state index in [1.807, 2.05) is 0 Å². The Hall–Kier alpha value is -1.22. The summed E-state index contributed by atoms with van der Waals surface area (Å²) in [5.41, 5.74) is 0. The Morgan fingerprint density at radius 2 is 1.00 bits per heavy atom. The highest BCUT2D eigenvalue weighted by atomic mass is 32.2. The fraction of sp³-hybridized carbons (Fsp3) is 0.636. The summed E-state index contributed by atoms with van der Waals surface area (Å²) in [5.74, 6) is -0.823. The molecule has 2 unspecified atom stereocenters. The monoisotopic (exact) mass is 458 g/mol. The molecule has 1 aromatic rings. The minimum absolute atomic E-state index is 0.0146. The fourth-order valence-electron chi connectivity index (χ4n) is 3.15. The Balaban J connectivity index is 2.22. The SMILES string of the molecule is O=C(O)CCCCCCCCCCC[S+]([O-])c1ccccc1[S+]([O-])CCCC(=O)O. The van der Waals surface area contributed by atoms with Crippen molar-refractivity contribution in [1.82, 2.24) is 0 Å². The van der Waals surface area contributed by atoms with Gasteiger partial charge in [-0.2, -0.15) is 0 Å². The van der Waals surface area contributed by atoms with Crippen LogP contribution in [0.25, 0.3) is 0 Å². The lowest BCUT2D eigenvalue weighted by molar-refractivity contribution is -0.138. The van der Waals surface area contributed by atoms with Crippen molar-refractivity contribution in [3.05, 3.63) is 24.3 Å². The highest BCUT2D eigenvalue weighted by molar-refractivity contribution is 7.94. The lowest BCUT2D eigenvalue weighted by Crippen LogP contribution is -2.15. The molecule has 0 saturated heterocycles. The molecule has 2 atom stereocenters. The van der Waals surface area contributed by atoms with Crippen molar-refractivity contribution >= 4 is 34.3 Å². The number of carboxylic acids is 2. The van der Waals surface area contributed by atoms with Gasteiger partial charge in [-0.15, -0.1) is 0 Å². The first kappa shape index (κ1) is 26.8. The molecular weight excluding hydrogens is 424 g/mol. The van der Waals surface area contributed by atoms with Gasteiger partial charge >= 0.3 is 11.9 Å². The zero-order valence-corrected chi connectivity index (χ0v) is 19.2. The van der Waals surface area contributed by atoms with Gasteiger partial charge in [0, 0.05) is 19.3 Å². The van der Waals surface area contributed by atoms with Crippen molar-refractivity contribution in [2.75, 3.05) is 11.5 Å². The molecule has 170 valence electrons. The molecule has 0 amide bonds. The zero-order chi connectivity index (χ0) is 22.2. The van der Waals surface area contributed by atoms with Crippen molar-refractivity contribution in [1.29, 1.82) is 0 Å². The lowest BCUT2D eigenvalue weighted by Gasteiger charge is -2.16. The molecule has 8 heteroatoms. The van der Waals surface area contributed by atoms with Crippen LogP contribution in [-0.2, 0) is 31.9 Å². The van der Waals surface area contributed by atoms with Gasteiger partial charge in [-0.05, 0) is 53.7 Å². The number of hydrogen-bond donors (Lipinski definition) is 2. The summed E-state index contributed by atoms with van der Waals surface area (Å²) in [6, 6.07) is 7.04. The van der Waals surface area contributed by atoms with Crippen molar-refractivity contribution in [2.24, 2.45) is 0 Å². The normalized spacial score (nSPS) is 13.1. The van der Waals surface area contributed by atoms with E-state index in [4.69, 9.17) is 10.2 Å². The number of aliphatic carboxylic acids is 2. The smallest absolute Gasteiger partial charge is 0.303 e. The number of rotatable bonds is 18. The Labute approximate surface area is 185 Å². The molecule has 0 aliphatic carbocycles. The average molecular weight is 459 g/mol. The van der Waals surface area contributed by atoms with Gasteiger partial charge in [-0.3, -0.25) is 9.59 Å². The van der Waals surface area contributed by atoms with Crippen LogP contribution in [0.5, 0.6) is 0 Å². The Morgan fingerprint density at radius 3 is 1.47 bits per heavy atom. The molecule has 0 bridgehead atoms. The van der Waals surface area contributed by atoms with E-state index in [-0.39, 0.29) is 18.6 Å². The molecule has 1 aromatic carbocycles. The first-order valence-corrected chi connectivity index (χ1v) is 13.3. The summed E-state index contributed by atoms with van der Waals surface area (Å²) >= 11 is -2.54. The Kier molecular flexibility index (Phi) is 14.7. The predicted octanol–water partition coefficient (Wildman–Crippen LogP) is 4.75. The second kappa shape index (κ2) is 16.5. The molecule has 0 aliphatic heterocycles. The van der Waals surface area contributed by atoms with Crippen LogP contribution in [0.15, 0.2) is 34.1 Å². The van der Waals surface area contributed by atoms with Gasteiger partial charge in [0.05, 0.1) is 0 Å². The van der Waals surface area contributed by atoms with Gasteiger partial charge in [0.2, 0.25) is 9.79 Å². The number of unbranched alkanes of at least 4 members (excludes halogenated alkanes) is 8. The van der Waals surface area contributed by atoms with E-state index in [2.05, 4.69) is 0 Å². The van der Waals surface area contributed by atoms with Crippen molar-refractivity contribution < 1.29 is 28.9 Å². The third-order valence-corrected chi connectivity index (χ3v) is 7.92. The highest BCUT2D eigenvalue weighted by Crippen LogP contribution is 2.24. The van der Waals surface area contributed by atoms with Gasteiger partial charge in [0.15, 0.2) is 0 Å². The van der Waals surface area contributed by atoms with Crippen molar-refractivity contribution in [3.63, 3.8) is 0 Å². The minimum Gasteiger partial charge on any atom is -0.611 e.